The van der Waals surface area contributed by atoms with Crippen LogP contribution in [0.15, 0.2) is 24.3 Å². The van der Waals surface area contributed by atoms with E-state index in [1.165, 1.54) is 0 Å². The summed E-state index contributed by atoms with van der Waals surface area (Å²) in [6.45, 7) is 0. The van der Waals surface area contributed by atoms with Crippen molar-refractivity contribution in [3.8, 4) is 5.75 Å². The molecule has 1 aromatic rings. The molecular weight excluding hydrogens is 270 g/mol. The second-order valence-corrected chi connectivity index (χ2v) is 4.63. The molecule has 0 aliphatic heterocycles. The lowest BCUT2D eigenvalue weighted by Gasteiger charge is -2.15. The molecule has 3 nitrogen and oxygen atoms in total. The van der Waals surface area contributed by atoms with E-state index < -0.39 is 0 Å². The van der Waals surface area contributed by atoms with Crippen LogP contribution in [0.3, 0.4) is 0 Å². The van der Waals surface area contributed by atoms with Crippen LogP contribution in [0.25, 0.3) is 0 Å². The quantitative estimate of drug-likeness (QED) is 0.862. The Balaban J connectivity index is 2.14. The molecule has 16 heavy (non-hydrogen) atoms. The number of hydrogen-bond acceptors (Lipinski definition) is 2. The maximum absolute atomic E-state index is 12.0. The number of amides is 1. The van der Waals surface area contributed by atoms with Crippen LogP contribution in [-0.2, 0) is 0 Å². The molecule has 1 aromatic carbocycles. The van der Waals surface area contributed by atoms with Crippen LogP contribution >= 0.6 is 15.9 Å². The van der Waals surface area contributed by atoms with E-state index in [9.17, 15) is 4.79 Å². The second kappa shape index (κ2) is 4.45. The third-order valence-electron chi connectivity index (χ3n) is 2.84. The Kier molecular flexibility index (Phi) is 3.19. The molecule has 86 valence electrons. The summed E-state index contributed by atoms with van der Waals surface area (Å²) in [5.74, 6) is 0.555. The largest absolute Gasteiger partial charge is 0.496 e. The number of rotatable bonds is 4. The van der Waals surface area contributed by atoms with E-state index in [1.54, 1.807) is 19.2 Å². The van der Waals surface area contributed by atoms with Crippen molar-refractivity contribution in [2.24, 2.45) is 0 Å². The molecule has 0 heterocycles. The first-order valence-corrected chi connectivity index (χ1v) is 6.34. The van der Waals surface area contributed by atoms with Gasteiger partial charge in [-0.15, -0.1) is 0 Å². The molecule has 1 N–H and O–H groups in total. The van der Waals surface area contributed by atoms with E-state index >= 15 is 0 Å². The summed E-state index contributed by atoms with van der Waals surface area (Å²) in [6.07, 6.45) is 2.08. The molecule has 0 saturated heterocycles. The second-order valence-electron chi connectivity index (χ2n) is 4.07. The minimum absolute atomic E-state index is 0.0298. The fourth-order valence-electron chi connectivity index (χ4n) is 1.58. The van der Waals surface area contributed by atoms with Gasteiger partial charge in [-0.2, -0.15) is 0 Å². The van der Waals surface area contributed by atoms with Gasteiger partial charge in [0, 0.05) is 5.33 Å². The summed E-state index contributed by atoms with van der Waals surface area (Å²) in [5, 5.41) is 3.85. The Morgan fingerprint density at radius 1 is 1.50 bits per heavy atom. The van der Waals surface area contributed by atoms with Crippen LogP contribution in [0, 0.1) is 0 Å². The molecule has 1 aliphatic rings. The molecule has 1 fully saturated rings. The maximum atomic E-state index is 12.0. The third kappa shape index (κ3) is 2.21. The SMILES string of the molecule is COc1ccccc1C(=O)NC1(CBr)CC1. The number of carbonyl (C=O) groups excluding carboxylic acids is 1. The number of benzene rings is 1. The summed E-state index contributed by atoms with van der Waals surface area (Å²) in [4.78, 5) is 12.0. The van der Waals surface area contributed by atoms with E-state index in [1.807, 2.05) is 12.1 Å². The number of carbonyl (C=O) groups is 1. The van der Waals surface area contributed by atoms with E-state index in [2.05, 4.69) is 21.2 Å². The maximum Gasteiger partial charge on any atom is 0.255 e. The Bertz CT molecular complexity index is 402. The van der Waals surface area contributed by atoms with Crippen LogP contribution in [0.2, 0.25) is 0 Å². The normalized spacial score (nSPS) is 16.6. The highest BCUT2D eigenvalue weighted by atomic mass is 79.9. The monoisotopic (exact) mass is 283 g/mol. The molecule has 0 spiro atoms. The lowest BCUT2D eigenvalue weighted by atomic mass is 10.1. The van der Waals surface area contributed by atoms with E-state index in [0.717, 1.165) is 18.2 Å². The Morgan fingerprint density at radius 3 is 2.75 bits per heavy atom. The predicted octanol–water partition coefficient (Wildman–Crippen LogP) is 2.35. The highest BCUT2D eigenvalue weighted by Crippen LogP contribution is 2.37. The molecule has 4 heteroatoms. The van der Waals surface area contributed by atoms with Crippen molar-refractivity contribution in [1.29, 1.82) is 0 Å². The fraction of sp³-hybridized carbons (Fsp3) is 0.417. The minimum atomic E-state index is -0.0607. The van der Waals surface area contributed by atoms with Gasteiger partial charge in [-0.05, 0) is 25.0 Å². The molecule has 2 rings (SSSR count). The smallest absolute Gasteiger partial charge is 0.255 e. The Labute approximate surface area is 103 Å². The zero-order chi connectivity index (χ0) is 11.6. The minimum Gasteiger partial charge on any atom is -0.496 e. The van der Waals surface area contributed by atoms with Gasteiger partial charge in [0.1, 0.15) is 5.75 Å². The van der Waals surface area contributed by atoms with Gasteiger partial charge in [-0.25, -0.2) is 0 Å². The van der Waals surface area contributed by atoms with Gasteiger partial charge in [-0.1, -0.05) is 28.1 Å². The lowest BCUT2D eigenvalue weighted by molar-refractivity contribution is 0.0933. The first-order chi connectivity index (χ1) is 7.71. The van der Waals surface area contributed by atoms with Crippen LogP contribution in [0.5, 0.6) is 5.75 Å². The molecule has 0 unspecified atom stereocenters. The molecular formula is C12H14BrNO2. The summed E-state index contributed by atoms with van der Waals surface area (Å²) in [6, 6.07) is 7.26. The average Bonchev–Trinajstić information content (AvgIpc) is 3.09. The van der Waals surface area contributed by atoms with Crippen LogP contribution in [0.4, 0.5) is 0 Å². The van der Waals surface area contributed by atoms with E-state index in [0.29, 0.717) is 11.3 Å². The summed E-state index contributed by atoms with van der Waals surface area (Å²) < 4.78 is 5.16. The molecule has 1 amide bonds. The highest BCUT2D eigenvalue weighted by molar-refractivity contribution is 9.09. The van der Waals surface area contributed by atoms with Crippen LogP contribution in [-0.4, -0.2) is 23.9 Å². The van der Waals surface area contributed by atoms with Crippen molar-refractivity contribution in [1.82, 2.24) is 5.32 Å². The number of hydrogen-bond donors (Lipinski definition) is 1. The van der Waals surface area contributed by atoms with Crippen molar-refractivity contribution in [2.45, 2.75) is 18.4 Å². The number of halogens is 1. The van der Waals surface area contributed by atoms with Gasteiger partial charge in [0.05, 0.1) is 18.2 Å². The Hall–Kier alpha value is -1.03. The summed E-state index contributed by atoms with van der Waals surface area (Å²) >= 11 is 3.42. The molecule has 0 bridgehead atoms. The van der Waals surface area contributed by atoms with Crippen LogP contribution in [0.1, 0.15) is 23.2 Å². The predicted molar refractivity (Wildman–Crippen MR) is 66.2 cm³/mol. The van der Waals surface area contributed by atoms with Gasteiger partial charge in [0.15, 0.2) is 0 Å². The van der Waals surface area contributed by atoms with Gasteiger partial charge in [0.25, 0.3) is 5.91 Å². The van der Waals surface area contributed by atoms with E-state index in [-0.39, 0.29) is 11.4 Å². The van der Waals surface area contributed by atoms with E-state index in [4.69, 9.17) is 4.74 Å². The van der Waals surface area contributed by atoms with Gasteiger partial charge >= 0.3 is 0 Å². The Morgan fingerprint density at radius 2 is 2.19 bits per heavy atom. The van der Waals surface area contributed by atoms with Gasteiger partial charge < -0.3 is 10.1 Å². The van der Waals surface area contributed by atoms with Crippen LogP contribution < -0.4 is 10.1 Å². The number of methoxy groups -OCH3 is 1. The fourth-order valence-corrected chi connectivity index (χ4v) is 2.28. The average molecular weight is 284 g/mol. The summed E-state index contributed by atoms with van der Waals surface area (Å²) in [7, 11) is 1.57. The standard InChI is InChI=1S/C12H14BrNO2/c1-16-10-5-3-2-4-9(10)11(15)14-12(8-13)6-7-12/h2-5H,6-8H2,1H3,(H,14,15). The molecule has 1 aliphatic carbocycles. The molecule has 0 atom stereocenters. The zero-order valence-corrected chi connectivity index (χ0v) is 10.7. The third-order valence-corrected chi connectivity index (χ3v) is 3.91. The zero-order valence-electron chi connectivity index (χ0n) is 9.13. The number of alkyl halides is 1. The van der Waals surface area contributed by atoms with Crippen molar-refractivity contribution < 1.29 is 9.53 Å². The lowest BCUT2D eigenvalue weighted by Crippen LogP contribution is -2.38. The number of para-hydroxylation sites is 1. The van der Waals surface area contributed by atoms with Crippen molar-refractivity contribution in [3.63, 3.8) is 0 Å². The topological polar surface area (TPSA) is 38.3 Å². The first-order valence-electron chi connectivity index (χ1n) is 5.22. The molecule has 0 radical (unpaired) electrons. The molecule has 1 saturated carbocycles. The summed E-state index contributed by atoms with van der Waals surface area (Å²) in [5.41, 5.74) is 0.565. The van der Waals surface area contributed by atoms with Crippen molar-refractivity contribution in [3.05, 3.63) is 29.8 Å². The van der Waals surface area contributed by atoms with Gasteiger partial charge in [-0.3, -0.25) is 4.79 Å². The number of nitrogens with one attached hydrogen (secondary N) is 1. The van der Waals surface area contributed by atoms with Crippen molar-refractivity contribution in [2.75, 3.05) is 12.4 Å². The number of ether oxygens (including phenoxy) is 1. The molecule has 0 aromatic heterocycles. The first kappa shape index (κ1) is 11.5. The van der Waals surface area contributed by atoms with Gasteiger partial charge in [0.2, 0.25) is 0 Å². The highest BCUT2D eigenvalue weighted by Gasteiger charge is 2.43. The van der Waals surface area contributed by atoms with Crippen molar-refractivity contribution >= 4 is 21.8 Å².